The zero-order chi connectivity index (χ0) is 32.3. The molecule has 13 heteroatoms. The Morgan fingerprint density at radius 3 is 2.09 bits per heavy atom. The Kier molecular flexibility index (Phi) is 10.5. The Morgan fingerprint density at radius 2 is 1.60 bits per heavy atom. The summed E-state index contributed by atoms with van der Waals surface area (Å²) in [6.07, 6.45) is 5.37. The number of esters is 1. The number of nitrogens with one attached hydrogen (secondary N) is 3. The zero-order valence-corrected chi connectivity index (χ0v) is 26.3. The van der Waals surface area contributed by atoms with Crippen molar-refractivity contribution >= 4 is 35.5 Å². The van der Waals surface area contributed by atoms with Crippen molar-refractivity contribution in [1.29, 1.82) is 0 Å². The first-order valence-corrected chi connectivity index (χ1v) is 15.2. The maximum atomic E-state index is 14.2. The molecule has 1 unspecified atom stereocenters. The molecular formula is C30H49N5O8. The van der Waals surface area contributed by atoms with Crippen LogP contribution in [0.25, 0.3) is 0 Å². The fourth-order valence-corrected chi connectivity index (χ4v) is 6.13. The summed E-state index contributed by atoms with van der Waals surface area (Å²) in [5.74, 6) is -4.07. The summed E-state index contributed by atoms with van der Waals surface area (Å²) in [5, 5.41) is 19.0. The average molecular weight is 608 g/mol. The van der Waals surface area contributed by atoms with Gasteiger partial charge in [0.15, 0.2) is 0 Å². The van der Waals surface area contributed by atoms with Crippen LogP contribution in [0.15, 0.2) is 0 Å². The summed E-state index contributed by atoms with van der Waals surface area (Å²) in [6, 6.07) is -4.00. The van der Waals surface area contributed by atoms with Crippen LogP contribution in [0.1, 0.15) is 92.4 Å². The lowest BCUT2D eigenvalue weighted by Crippen LogP contribution is -2.63. The Labute approximate surface area is 253 Å². The number of Topliss-reactive ketones (excluding diaryl/α,β-unsaturated/α-hetero) is 1. The first kappa shape index (κ1) is 34.3. The van der Waals surface area contributed by atoms with E-state index >= 15 is 0 Å². The molecule has 0 aromatic rings. The number of aliphatic hydroxyl groups is 1. The zero-order valence-electron chi connectivity index (χ0n) is 26.3. The van der Waals surface area contributed by atoms with Gasteiger partial charge in [0.05, 0.1) is 18.8 Å². The Bertz CT molecular complexity index is 1100. The largest absolute Gasteiger partial charge is 0.467 e. The number of hydrogen-bond acceptors (Lipinski definition) is 8. The van der Waals surface area contributed by atoms with Gasteiger partial charge in [-0.1, -0.05) is 52.9 Å². The highest BCUT2D eigenvalue weighted by molar-refractivity contribution is 6.37. The summed E-state index contributed by atoms with van der Waals surface area (Å²) in [7, 11) is 1.27. The summed E-state index contributed by atoms with van der Waals surface area (Å²) >= 11 is 0. The van der Waals surface area contributed by atoms with Crippen LogP contribution in [0.3, 0.4) is 0 Å². The number of ketones is 1. The molecule has 13 nitrogen and oxygen atoms in total. The summed E-state index contributed by atoms with van der Waals surface area (Å²) < 4.78 is 4.99. The maximum absolute atomic E-state index is 14.2. The number of methoxy groups -OCH3 is 1. The lowest BCUT2D eigenvalue weighted by Gasteiger charge is -2.38. The van der Waals surface area contributed by atoms with Crippen molar-refractivity contribution in [2.24, 2.45) is 23.0 Å². The number of likely N-dealkylation sites (tertiary alicyclic amines) is 1. The highest BCUT2D eigenvalue weighted by Crippen LogP contribution is 2.36. The normalized spacial score (nSPS) is 23.5. The third-order valence-electron chi connectivity index (χ3n) is 9.05. The summed E-state index contributed by atoms with van der Waals surface area (Å²) in [4.78, 5) is 79.4. The van der Waals surface area contributed by atoms with Crippen molar-refractivity contribution in [3.05, 3.63) is 0 Å². The van der Waals surface area contributed by atoms with Crippen molar-refractivity contribution < 1.29 is 38.6 Å². The standard InChI is InChI=1S/C30H49N5O8/c1-28(2,3)22(33-27(41)34-30(26(40)43-6)12-8-7-9-13-30)25(39)35-16-18(29(4,5)42)15-20(35)24(38)32-19(14-17-10-11-17)21(36)23(31)37/h17-20,22,42H,7-16H2,1-6H3,(H2,31,37)(H,32,38)(H2,33,34,41)/t18-,19?,20+,22-/m1/s1. The van der Waals surface area contributed by atoms with Gasteiger partial charge in [-0.15, -0.1) is 0 Å². The highest BCUT2D eigenvalue weighted by Gasteiger charge is 2.49. The number of nitrogens with zero attached hydrogens (tertiary/aromatic N) is 1. The number of rotatable bonds is 11. The smallest absolute Gasteiger partial charge is 0.331 e. The third-order valence-corrected chi connectivity index (χ3v) is 9.05. The van der Waals surface area contributed by atoms with Crippen LogP contribution in [0.5, 0.6) is 0 Å². The lowest BCUT2D eigenvalue weighted by atomic mass is 9.81. The van der Waals surface area contributed by atoms with Gasteiger partial charge in [-0.05, 0) is 50.9 Å². The fourth-order valence-electron chi connectivity index (χ4n) is 6.13. The molecule has 2 saturated carbocycles. The van der Waals surface area contributed by atoms with Gasteiger partial charge in [-0.25, -0.2) is 9.59 Å². The predicted octanol–water partition coefficient (Wildman–Crippen LogP) is 0.904. The van der Waals surface area contributed by atoms with Crippen molar-refractivity contribution in [3.8, 4) is 0 Å². The molecule has 0 radical (unpaired) electrons. The Morgan fingerprint density at radius 1 is 1.00 bits per heavy atom. The minimum atomic E-state index is -1.24. The molecule has 3 aliphatic rings. The number of primary amides is 1. The molecule has 0 bridgehead atoms. The molecule has 6 N–H and O–H groups in total. The van der Waals surface area contributed by atoms with Gasteiger partial charge < -0.3 is 36.4 Å². The van der Waals surface area contributed by atoms with E-state index in [0.29, 0.717) is 12.8 Å². The van der Waals surface area contributed by atoms with Gasteiger partial charge >= 0.3 is 12.0 Å². The Balaban J connectivity index is 1.85. The van der Waals surface area contributed by atoms with Crippen LogP contribution < -0.4 is 21.7 Å². The molecule has 0 spiro atoms. The molecule has 5 amide bonds. The van der Waals surface area contributed by atoms with Gasteiger partial charge in [0.2, 0.25) is 17.6 Å². The molecule has 1 aliphatic heterocycles. The van der Waals surface area contributed by atoms with Gasteiger partial charge in [-0.2, -0.15) is 0 Å². The molecule has 1 heterocycles. The second-order valence-corrected chi connectivity index (χ2v) is 14.1. The van der Waals surface area contributed by atoms with Gasteiger partial charge in [0.1, 0.15) is 17.6 Å². The maximum Gasteiger partial charge on any atom is 0.331 e. The van der Waals surface area contributed by atoms with Crippen molar-refractivity contribution in [2.45, 2.75) is 122 Å². The third kappa shape index (κ3) is 8.45. The van der Waals surface area contributed by atoms with Crippen molar-refractivity contribution in [3.63, 3.8) is 0 Å². The fraction of sp³-hybridized carbons (Fsp3) is 0.800. The number of nitrogens with two attached hydrogens (primary N) is 1. The number of carbonyl (C=O) groups excluding carboxylic acids is 6. The number of ether oxygens (including phenoxy) is 1. The monoisotopic (exact) mass is 607 g/mol. The Hall–Kier alpha value is -3.22. The van der Waals surface area contributed by atoms with Crippen LogP contribution in [-0.4, -0.2) is 88.4 Å². The lowest BCUT2D eigenvalue weighted by molar-refractivity contribution is -0.149. The second kappa shape index (κ2) is 13.2. The van der Waals surface area contributed by atoms with E-state index in [1.165, 1.54) is 12.0 Å². The van der Waals surface area contributed by atoms with E-state index in [4.69, 9.17) is 10.5 Å². The molecule has 2 aliphatic carbocycles. The van der Waals surface area contributed by atoms with E-state index in [9.17, 15) is 33.9 Å². The quantitative estimate of drug-likeness (QED) is 0.169. The van der Waals surface area contributed by atoms with Crippen LogP contribution in [0.2, 0.25) is 0 Å². The molecule has 1 saturated heterocycles. The molecule has 242 valence electrons. The number of hydrogen-bond donors (Lipinski definition) is 5. The molecule has 3 fully saturated rings. The van der Waals surface area contributed by atoms with Crippen molar-refractivity contribution in [1.82, 2.24) is 20.9 Å². The van der Waals surface area contributed by atoms with Crippen molar-refractivity contribution in [2.75, 3.05) is 13.7 Å². The van der Waals surface area contributed by atoms with E-state index in [1.807, 2.05) is 0 Å². The molecule has 0 aromatic carbocycles. The van der Waals surface area contributed by atoms with Gasteiger partial charge in [-0.3, -0.25) is 19.2 Å². The molecule has 43 heavy (non-hydrogen) atoms. The van der Waals surface area contributed by atoms with Crippen LogP contribution >= 0.6 is 0 Å². The molecular weight excluding hydrogens is 558 g/mol. The van der Waals surface area contributed by atoms with Crippen LogP contribution in [-0.2, 0) is 28.7 Å². The minimum absolute atomic E-state index is 0.0272. The predicted molar refractivity (Wildman–Crippen MR) is 156 cm³/mol. The first-order chi connectivity index (χ1) is 19.9. The topological polar surface area (TPSA) is 197 Å². The second-order valence-electron chi connectivity index (χ2n) is 14.1. The molecule has 3 rings (SSSR count). The summed E-state index contributed by atoms with van der Waals surface area (Å²) in [5.41, 5.74) is 1.99. The van der Waals surface area contributed by atoms with E-state index < -0.39 is 76.1 Å². The first-order valence-electron chi connectivity index (χ1n) is 15.2. The number of amides is 5. The SMILES string of the molecule is COC(=O)C1(NC(=O)N[C@H](C(=O)N2C[C@H](C(C)(C)O)C[C@H]2C(=O)NC(CC2CC2)C(=O)C(N)=O)C(C)(C)C)CCCCC1. The van der Waals surface area contributed by atoms with E-state index in [0.717, 1.165) is 32.1 Å². The summed E-state index contributed by atoms with van der Waals surface area (Å²) in [6.45, 7) is 8.51. The van der Waals surface area contributed by atoms with Crippen LogP contribution in [0, 0.1) is 17.3 Å². The van der Waals surface area contributed by atoms with E-state index in [1.54, 1.807) is 34.6 Å². The van der Waals surface area contributed by atoms with Gasteiger partial charge in [0.25, 0.3) is 5.91 Å². The number of urea groups is 1. The highest BCUT2D eigenvalue weighted by atomic mass is 16.5. The van der Waals surface area contributed by atoms with E-state index in [2.05, 4.69) is 16.0 Å². The minimum Gasteiger partial charge on any atom is -0.467 e. The molecule has 0 aromatic heterocycles. The number of carbonyl (C=O) groups is 6. The van der Waals surface area contributed by atoms with Gasteiger partial charge in [0, 0.05) is 12.5 Å². The van der Waals surface area contributed by atoms with E-state index in [-0.39, 0.29) is 25.3 Å². The average Bonchev–Trinajstić information content (AvgIpc) is 3.61. The van der Waals surface area contributed by atoms with Crippen LogP contribution in [0.4, 0.5) is 4.79 Å². The molecule has 4 atom stereocenters.